The van der Waals surface area contributed by atoms with Crippen molar-refractivity contribution in [2.45, 2.75) is 12.8 Å². The van der Waals surface area contributed by atoms with E-state index in [0.29, 0.717) is 0 Å². The molecule has 1 N–H and O–H groups in total. The molecule has 78 valence electrons. The van der Waals surface area contributed by atoms with Gasteiger partial charge >= 0.3 is 0 Å². The van der Waals surface area contributed by atoms with E-state index in [9.17, 15) is 0 Å². The van der Waals surface area contributed by atoms with E-state index in [1.165, 1.54) is 0 Å². The molecule has 0 amide bonds. The summed E-state index contributed by atoms with van der Waals surface area (Å²) in [5.41, 5.74) is 2.25. The van der Waals surface area contributed by atoms with Gasteiger partial charge < -0.3 is 5.32 Å². The lowest BCUT2D eigenvalue weighted by Gasteiger charge is -2.14. The van der Waals surface area contributed by atoms with Crippen LogP contribution >= 0.6 is 11.6 Å². The number of halogens is 1. The van der Waals surface area contributed by atoms with Crippen molar-refractivity contribution >= 4 is 11.6 Å². The molecule has 1 aliphatic heterocycles. The fourth-order valence-corrected chi connectivity index (χ4v) is 2.45. The number of benzene rings is 1. The van der Waals surface area contributed by atoms with Gasteiger partial charge in [-0.05, 0) is 24.1 Å². The van der Waals surface area contributed by atoms with Gasteiger partial charge in [-0.3, -0.25) is 0 Å². The second-order valence-electron chi connectivity index (χ2n) is 4.03. The van der Waals surface area contributed by atoms with Crippen LogP contribution in [-0.4, -0.2) is 13.1 Å². The van der Waals surface area contributed by atoms with Crippen LogP contribution in [0.5, 0.6) is 0 Å². The van der Waals surface area contributed by atoms with Gasteiger partial charge in [0.1, 0.15) is 0 Å². The zero-order chi connectivity index (χ0) is 10.8. The lowest BCUT2D eigenvalue weighted by atomic mass is 9.89. The van der Waals surface area contributed by atoms with E-state index >= 15 is 0 Å². The lowest BCUT2D eigenvalue weighted by molar-refractivity contribution is 0.646. The highest BCUT2D eigenvalue weighted by Crippen LogP contribution is 2.32. The summed E-state index contributed by atoms with van der Waals surface area (Å²) in [6.07, 6.45) is 0. The Balaban J connectivity index is 2.33. The fourth-order valence-electron chi connectivity index (χ4n) is 2.07. The Labute approximate surface area is 94.9 Å². The monoisotopic (exact) mass is 220 g/mol. The average molecular weight is 221 g/mol. The maximum absolute atomic E-state index is 9.01. The molecule has 0 aliphatic carbocycles. The van der Waals surface area contributed by atoms with Gasteiger partial charge in [-0.15, -0.1) is 0 Å². The summed E-state index contributed by atoms with van der Waals surface area (Å²) in [5, 5.41) is 13.0. The summed E-state index contributed by atoms with van der Waals surface area (Å²) in [5.74, 6) is 0.285. The first-order valence-corrected chi connectivity index (χ1v) is 5.46. The molecule has 0 bridgehead atoms. The molecule has 1 saturated heterocycles. The number of aryl methyl sites for hydroxylation is 1. The van der Waals surface area contributed by atoms with Crippen LogP contribution in [0.2, 0.25) is 5.02 Å². The van der Waals surface area contributed by atoms with Crippen molar-refractivity contribution in [3.8, 4) is 6.07 Å². The third-order valence-corrected chi connectivity index (χ3v) is 3.26. The zero-order valence-corrected chi connectivity index (χ0v) is 9.38. The molecule has 1 aliphatic rings. The predicted octanol–water partition coefficient (Wildman–Crippen LogP) is 2.48. The fraction of sp³-hybridized carbons (Fsp3) is 0.417. The second-order valence-corrected chi connectivity index (χ2v) is 4.43. The first-order valence-electron chi connectivity index (χ1n) is 5.08. The van der Waals surface area contributed by atoms with Crippen LogP contribution in [0, 0.1) is 24.2 Å². The van der Waals surface area contributed by atoms with E-state index in [4.69, 9.17) is 16.9 Å². The summed E-state index contributed by atoms with van der Waals surface area (Å²) in [7, 11) is 0. The molecule has 1 heterocycles. The van der Waals surface area contributed by atoms with Crippen molar-refractivity contribution in [2.24, 2.45) is 5.92 Å². The predicted molar refractivity (Wildman–Crippen MR) is 60.9 cm³/mol. The van der Waals surface area contributed by atoms with Crippen LogP contribution in [0.15, 0.2) is 18.2 Å². The summed E-state index contributed by atoms with van der Waals surface area (Å²) in [6, 6.07) is 8.39. The van der Waals surface area contributed by atoms with Crippen LogP contribution in [0.4, 0.5) is 0 Å². The van der Waals surface area contributed by atoms with Gasteiger partial charge in [0.05, 0.1) is 12.0 Å². The topological polar surface area (TPSA) is 35.8 Å². The standard InChI is InChI=1S/C12H13ClN2/c1-8-2-3-10(12(13)4-8)11-7-15-6-9(11)5-14/h2-4,9,11,15H,6-7H2,1H3/t9-,11-/m1/s1. The molecule has 3 heteroatoms. The Morgan fingerprint density at radius 1 is 1.47 bits per heavy atom. The Hall–Kier alpha value is -1.04. The van der Waals surface area contributed by atoms with Crippen molar-refractivity contribution < 1.29 is 0 Å². The van der Waals surface area contributed by atoms with Gasteiger partial charge in [0, 0.05) is 24.0 Å². The van der Waals surface area contributed by atoms with E-state index in [1.54, 1.807) is 0 Å². The van der Waals surface area contributed by atoms with Gasteiger partial charge in [0.15, 0.2) is 0 Å². The van der Waals surface area contributed by atoms with Gasteiger partial charge in [0.25, 0.3) is 0 Å². The largest absolute Gasteiger partial charge is 0.315 e. The number of hydrogen-bond acceptors (Lipinski definition) is 2. The molecule has 0 spiro atoms. The summed E-state index contributed by atoms with van der Waals surface area (Å²) < 4.78 is 0. The maximum atomic E-state index is 9.01. The Bertz CT molecular complexity index is 409. The third-order valence-electron chi connectivity index (χ3n) is 2.94. The summed E-state index contributed by atoms with van der Waals surface area (Å²) in [6.45, 7) is 3.64. The van der Waals surface area contributed by atoms with Gasteiger partial charge in [-0.1, -0.05) is 23.7 Å². The Kier molecular flexibility index (Phi) is 2.95. The number of nitrogens with zero attached hydrogens (tertiary/aromatic N) is 1. The minimum Gasteiger partial charge on any atom is -0.315 e. The lowest BCUT2D eigenvalue weighted by Crippen LogP contribution is -2.09. The first kappa shape index (κ1) is 10.5. The highest BCUT2D eigenvalue weighted by molar-refractivity contribution is 6.31. The maximum Gasteiger partial charge on any atom is 0.0676 e. The van der Waals surface area contributed by atoms with E-state index in [1.807, 2.05) is 25.1 Å². The first-order chi connectivity index (χ1) is 7.22. The van der Waals surface area contributed by atoms with Gasteiger partial charge in [-0.2, -0.15) is 5.26 Å². The molecule has 2 atom stereocenters. The van der Waals surface area contributed by atoms with Gasteiger partial charge in [0.2, 0.25) is 0 Å². The third kappa shape index (κ3) is 1.99. The number of hydrogen-bond donors (Lipinski definition) is 1. The van der Waals surface area contributed by atoms with Crippen LogP contribution < -0.4 is 5.32 Å². The van der Waals surface area contributed by atoms with E-state index < -0.39 is 0 Å². The number of rotatable bonds is 1. The second kappa shape index (κ2) is 4.22. The molecule has 1 fully saturated rings. The smallest absolute Gasteiger partial charge is 0.0676 e. The van der Waals surface area contributed by atoms with Crippen molar-refractivity contribution in [1.29, 1.82) is 5.26 Å². The number of nitriles is 1. The van der Waals surface area contributed by atoms with Crippen LogP contribution in [-0.2, 0) is 0 Å². The van der Waals surface area contributed by atoms with E-state index in [-0.39, 0.29) is 11.8 Å². The van der Waals surface area contributed by atoms with Crippen molar-refractivity contribution in [1.82, 2.24) is 5.32 Å². The highest BCUT2D eigenvalue weighted by Gasteiger charge is 2.29. The zero-order valence-electron chi connectivity index (χ0n) is 8.63. The normalized spacial score (nSPS) is 25.1. The summed E-state index contributed by atoms with van der Waals surface area (Å²) in [4.78, 5) is 0. The molecular formula is C12H13ClN2. The Morgan fingerprint density at radius 3 is 2.93 bits per heavy atom. The molecule has 0 unspecified atom stereocenters. The molecule has 0 aromatic heterocycles. The van der Waals surface area contributed by atoms with E-state index in [0.717, 1.165) is 29.2 Å². The molecule has 0 saturated carbocycles. The van der Waals surface area contributed by atoms with E-state index in [2.05, 4.69) is 11.4 Å². The van der Waals surface area contributed by atoms with Crippen molar-refractivity contribution in [3.05, 3.63) is 34.3 Å². The SMILES string of the molecule is Cc1ccc([C@@H]2CNC[C@H]2C#N)c(Cl)c1. The summed E-state index contributed by atoms with van der Waals surface area (Å²) >= 11 is 6.19. The number of nitrogens with one attached hydrogen (secondary N) is 1. The quantitative estimate of drug-likeness (QED) is 0.789. The average Bonchev–Trinajstić information content (AvgIpc) is 2.65. The highest BCUT2D eigenvalue weighted by atomic mass is 35.5. The van der Waals surface area contributed by atoms with Crippen molar-refractivity contribution in [3.63, 3.8) is 0 Å². The molecule has 15 heavy (non-hydrogen) atoms. The Morgan fingerprint density at radius 2 is 2.27 bits per heavy atom. The van der Waals surface area contributed by atoms with Crippen LogP contribution in [0.25, 0.3) is 0 Å². The molecule has 2 rings (SSSR count). The molecule has 1 aromatic rings. The minimum atomic E-state index is 0.0465. The van der Waals surface area contributed by atoms with Crippen molar-refractivity contribution in [2.75, 3.05) is 13.1 Å². The van der Waals surface area contributed by atoms with Crippen LogP contribution in [0.3, 0.4) is 0 Å². The molecule has 2 nitrogen and oxygen atoms in total. The van der Waals surface area contributed by atoms with Gasteiger partial charge in [-0.25, -0.2) is 0 Å². The van der Waals surface area contributed by atoms with Crippen LogP contribution in [0.1, 0.15) is 17.0 Å². The molecule has 0 radical (unpaired) electrons. The minimum absolute atomic E-state index is 0.0465. The molecular weight excluding hydrogens is 208 g/mol. The molecule has 1 aromatic carbocycles.